The van der Waals surface area contributed by atoms with Gasteiger partial charge in [-0.15, -0.1) is 0 Å². The molecule has 0 fully saturated rings. The van der Waals surface area contributed by atoms with Crippen LogP contribution < -0.4 is 51.4 Å². The van der Waals surface area contributed by atoms with Crippen molar-refractivity contribution in [3.63, 3.8) is 0 Å². The van der Waals surface area contributed by atoms with Crippen LogP contribution in [0.25, 0.3) is 4.85 Å². The Labute approximate surface area is 185 Å². The summed E-state index contributed by atoms with van der Waals surface area (Å²) in [5.41, 5.74) is 1.91. The van der Waals surface area contributed by atoms with E-state index in [1.54, 1.807) is 45.0 Å². The Bertz CT molecular complexity index is 710. The van der Waals surface area contributed by atoms with Crippen LogP contribution in [-0.2, 0) is 19.4 Å². The second kappa shape index (κ2) is 9.84. The first-order chi connectivity index (χ1) is 10.6. The number of allylic oxidation sites excluding steroid dienone is 5. The number of amides is 1. The molecular formula is C14H18KN3O5S. The molecule has 0 saturated heterocycles. The van der Waals surface area contributed by atoms with Gasteiger partial charge in [0.1, 0.15) is 0 Å². The van der Waals surface area contributed by atoms with Crippen molar-refractivity contribution in [3.05, 3.63) is 46.2 Å². The predicted octanol–water partition coefficient (Wildman–Crippen LogP) is -2.15. The first-order valence-corrected chi connectivity index (χ1v) is 7.98. The van der Waals surface area contributed by atoms with Crippen molar-refractivity contribution in [1.29, 1.82) is 0 Å². The zero-order chi connectivity index (χ0) is 17.8. The second-order valence-electron chi connectivity index (χ2n) is 5.07. The summed E-state index contributed by atoms with van der Waals surface area (Å²) in [5.74, 6) is -0.391. The van der Waals surface area contributed by atoms with E-state index in [0.29, 0.717) is 17.0 Å². The summed E-state index contributed by atoms with van der Waals surface area (Å²) in [4.78, 5) is 18.4. The summed E-state index contributed by atoms with van der Waals surface area (Å²) < 4.78 is 35.5. The van der Waals surface area contributed by atoms with Gasteiger partial charge in [-0.2, -0.15) is 0 Å². The summed E-state index contributed by atoms with van der Waals surface area (Å²) in [6, 6.07) is 0. The summed E-state index contributed by atoms with van der Waals surface area (Å²) >= 11 is 0. The molecule has 1 heterocycles. The maximum atomic E-state index is 12.0. The molecule has 1 amide bonds. The molecule has 1 aliphatic heterocycles. The Hall–Kier alpha value is -0.514. The fourth-order valence-electron chi connectivity index (χ4n) is 2.09. The topological polar surface area (TPSA) is 94.3 Å². The fourth-order valence-corrected chi connectivity index (χ4v) is 2.37. The van der Waals surface area contributed by atoms with E-state index in [9.17, 15) is 17.8 Å². The van der Waals surface area contributed by atoms with Crippen molar-refractivity contribution in [2.24, 2.45) is 0 Å². The molecule has 0 N–H and O–H groups in total. The van der Waals surface area contributed by atoms with Crippen LogP contribution in [0.4, 0.5) is 0 Å². The van der Waals surface area contributed by atoms with Gasteiger partial charge in [0.15, 0.2) is 0 Å². The molecule has 10 heteroatoms. The normalized spacial score (nSPS) is 14.2. The number of hydrogen-bond donors (Lipinski definition) is 0. The Kier molecular flexibility index (Phi) is 9.63. The third-order valence-electron chi connectivity index (χ3n) is 3.12. The average Bonchev–Trinajstić information content (AvgIpc) is 2.41. The molecule has 0 aromatic carbocycles. The van der Waals surface area contributed by atoms with Crippen molar-refractivity contribution in [3.8, 4) is 0 Å². The molecule has 8 nitrogen and oxygen atoms in total. The first kappa shape index (κ1) is 23.5. The van der Waals surface area contributed by atoms with Gasteiger partial charge >= 0.3 is 51.4 Å². The number of carbonyl (C=O) groups excluding carboxylic acids is 1. The van der Waals surface area contributed by atoms with Gasteiger partial charge in [-0.1, -0.05) is 0 Å². The average molecular weight is 379 g/mol. The first-order valence-electron chi connectivity index (χ1n) is 6.64. The molecule has 126 valence electrons. The van der Waals surface area contributed by atoms with E-state index in [0.717, 1.165) is 0 Å². The minimum absolute atomic E-state index is 0. The molecule has 24 heavy (non-hydrogen) atoms. The van der Waals surface area contributed by atoms with Gasteiger partial charge < -0.3 is 14.4 Å². The van der Waals surface area contributed by atoms with Crippen LogP contribution in [0.5, 0.6) is 0 Å². The van der Waals surface area contributed by atoms with Gasteiger partial charge in [-0.25, -0.2) is 13.3 Å². The maximum Gasteiger partial charge on any atom is 1.00 e. The number of hydrogen-bond acceptors (Lipinski definition) is 6. The molecule has 0 radical (unpaired) electrons. The second-order valence-corrected chi connectivity index (χ2v) is 6.12. The summed E-state index contributed by atoms with van der Waals surface area (Å²) in [6.45, 7) is 10.6. The van der Waals surface area contributed by atoms with Gasteiger partial charge in [0, 0.05) is 32.0 Å². The van der Waals surface area contributed by atoms with Gasteiger partial charge in [0.2, 0.25) is 10.4 Å². The van der Waals surface area contributed by atoms with Crippen LogP contribution in [0, 0.1) is 6.57 Å². The summed E-state index contributed by atoms with van der Waals surface area (Å²) in [7, 11) is -1.59. The van der Waals surface area contributed by atoms with Gasteiger partial charge in [-0.05, 0) is 31.6 Å². The number of rotatable bonds is 5. The summed E-state index contributed by atoms with van der Waals surface area (Å²) in [5, 5.41) is 0. The molecular weight excluding hydrogens is 361 g/mol. The minimum Gasteiger partial charge on any atom is -0.726 e. The monoisotopic (exact) mass is 379 g/mol. The predicted molar refractivity (Wildman–Crippen MR) is 82.2 cm³/mol. The Morgan fingerprint density at radius 2 is 1.83 bits per heavy atom. The molecule has 1 rings (SSSR count). The molecule has 0 spiro atoms. The summed E-state index contributed by atoms with van der Waals surface area (Å²) in [6.07, 6.45) is 3.32. The van der Waals surface area contributed by atoms with Crippen molar-refractivity contribution in [1.82, 2.24) is 9.80 Å². The van der Waals surface area contributed by atoms with Gasteiger partial charge in [0.05, 0.1) is 13.2 Å². The standard InChI is InChI=1S/C14H19N3O5S.K/c1-10-8-12(13(15-3)14(18)16(4)5)9-11(2)17(10)6-7-22-23(19,20)21;/h8-9H,6-7H2,1-2,4-5H3,(H,19,20,21);/q;+1/p-1. The van der Waals surface area contributed by atoms with Crippen molar-refractivity contribution in [2.75, 3.05) is 27.2 Å². The quantitative estimate of drug-likeness (QED) is 0.178. The van der Waals surface area contributed by atoms with Gasteiger partial charge in [0.25, 0.3) is 11.6 Å². The van der Waals surface area contributed by atoms with Crippen LogP contribution in [-0.4, -0.2) is 55.9 Å². The third-order valence-corrected chi connectivity index (χ3v) is 3.57. The minimum atomic E-state index is -4.72. The maximum absolute atomic E-state index is 12.0. The van der Waals surface area contributed by atoms with Crippen molar-refractivity contribution in [2.45, 2.75) is 13.8 Å². The molecule has 0 bridgehead atoms. The molecule has 0 atom stereocenters. The zero-order valence-electron chi connectivity index (χ0n) is 14.4. The molecule has 0 aliphatic carbocycles. The van der Waals surface area contributed by atoms with Crippen molar-refractivity contribution < 1.29 is 73.3 Å². The van der Waals surface area contributed by atoms with E-state index in [2.05, 4.69) is 9.03 Å². The van der Waals surface area contributed by atoms with E-state index in [1.807, 2.05) is 0 Å². The van der Waals surface area contributed by atoms with E-state index < -0.39 is 16.3 Å². The van der Waals surface area contributed by atoms with Crippen LogP contribution in [0.3, 0.4) is 0 Å². The molecule has 1 aliphatic rings. The zero-order valence-corrected chi connectivity index (χ0v) is 18.3. The number of likely N-dealkylation sites (N-methyl/N-ethyl adjacent to an activating group) is 1. The molecule has 0 aromatic rings. The largest absolute Gasteiger partial charge is 1.00 e. The SMILES string of the molecule is [C-]#[N+]C(C(=O)N(C)C)=C1C=C(C)N(CCOS(=O)(=O)[O-])C(C)=C1.[K+]. The molecule has 0 saturated carbocycles. The van der Waals surface area contributed by atoms with E-state index >= 15 is 0 Å². The Morgan fingerprint density at radius 3 is 2.21 bits per heavy atom. The van der Waals surface area contributed by atoms with Crippen LogP contribution in [0.1, 0.15) is 13.8 Å². The molecule has 0 unspecified atom stereocenters. The van der Waals surface area contributed by atoms with Crippen LogP contribution >= 0.6 is 0 Å². The fraction of sp³-hybridized carbons (Fsp3) is 0.429. The molecule has 0 aromatic heterocycles. The third kappa shape index (κ3) is 6.77. The number of carbonyl (C=O) groups is 1. The van der Waals surface area contributed by atoms with Gasteiger partial charge in [-0.3, -0.25) is 8.98 Å². The van der Waals surface area contributed by atoms with E-state index in [-0.39, 0.29) is 70.2 Å². The number of nitrogens with zero attached hydrogens (tertiary/aromatic N) is 3. The van der Waals surface area contributed by atoms with E-state index in [1.165, 1.54) is 4.90 Å². The van der Waals surface area contributed by atoms with E-state index in [4.69, 9.17) is 6.57 Å². The van der Waals surface area contributed by atoms with Crippen LogP contribution in [0.15, 0.2) is 34.8 Å². The Morgan fingerprint density at radius 1 is 1.33 bits per heavy atom. The Balaban J connectivity index is 0.00000529. The van der Waals surface area contributed by atoms with Crippen molar-refractivity contribution >= 4 is 16.3 Å². The smallest absolute Gasteiger partial charge is 0.726 e. The van der Waals surface area contributed by atoms with Crippen LogP contribution in [0.2, 0.25) is 0 Å².